The minimum Gasteiger partial charge on any atom is -0.403 e. The van der Waals surface area contributed by atoms with Gasteiger partial charge in [0, 0.05) is 12.1 Å². The molecule has 92 valence electrons. The molecule has 0 radical (unpaired) electrons. The summed E-state index contributed by atoms with van der Waals surface area (Å²) >= 11 is 1.61. The lowest BCUT2D eigenvalue weighted by Gasteiger charge is -2.14. The molecule has 1 heterocycles. The molecule has 0 aliphatic rings. The summed E-state index contributed by atoms with van der Waals surface area (Å²) in [7, 11) is 0. The molecule has 0 aliphatic heterocycles. The molecule has 1 aromatic heterocycles. The largest absolute Gasteiger partial charge is 0.573 e. The van der Waals surface area contributed by atoms with Crippen LogP contribution >= 0.6 is 22.6 Å². The van der Waals surface area contributed by atoms with Gasteiger partial charge < -0.3 is 10.5 Å². The molecule has 0 aliphatic carbocycles. The zero-order valence-electron chi connectivity index (χ0n) is 8.38. The van der Waals surface area contributed by atoms with Gasteiger partial charge >= 0.3 is 6.36 Å². The fourth-order valence-electron chi connectivity index (χ4n) is 1.15. The van der Waals surface area contributed by atoms with Gasteiger partial charge in [0.2, 0.25) is 0 Å². The summed E-state index contributed by atoms with van der Waals surface area (Å²) in [4.78, 5) is 3.84. The van der Waals surface area contributed by atoms with Crippen LogP contribution in [0, 0.1) is 15.0 Å². The van der Waals surface area contributed by atoms with Crippen LogP contribution in [0.4, 0.5) is 13.2 Å². The molecule has 0 saturated carbocycles. The number of aromatic nitrogens is 1. The zero-order valence-corrected chi connectivity index (χ0v) is 10.5. The van der Waals surface area contributed by atoms with E-state index in [4.69, 9.17) is 11.0 Å². The Balaban J connectivity index is 3.17. The van der Waals surface area contributed by atoms with E-state index in [0.29, 0.717) is 5.69 Å². The Hall–Kier alpha value is -1.08. The molecule has 4 nitrogen and oxygen atoms in total. The number of nitrogens with zero attached hydrogens (tertiary/aromatic N) is 2. The van der Waals surface area contributed by atoms with Crippen LogP contribution in [-0.4, -0.2) is 11.3 Å². The number of halogens is 4. The molecule has 0 bridgehead atoms. The highest BCUT2D eigenvalue weighted by Gasteiger charge is 2.33. The second kappa shape index (κ2) is 5.50. The lowest BCUT2D eigenvalue weighted by atomic mass is 10.2. The van der Waals surface area contributed by atoms with Gasteiger partial charge in [0.05, 0.1) is 18.2 Å². The summed E-state index contributed by atoms with van der Waals surface area (Å²) in [5.41, 5.74) is 5.88. The highest BCUT2D eigenvalue weighted by Crippen LogP contribution is 2.30. The van der Waals surface area contributed by atoms with Crippen molar-refractivity contribution in [1.82, 2.24) is 4.98 Å². The van der Waals surface area contributed by atoms with Crippen LogP contribution in [0.3, 0.4) is 0 Å². The maximum absolute atomic E-state index is 12.1. The standard InChI is InChI=1S/C9H7F3IN3O/c10-9(11,12)17-7-5(4-15)3-6(1-2-14)16-8(7)13/h3H,1,4,15H2. The Morgan fingerprint density at radius 2 is 2.18 bits per heavy atom. The SMILES string of the molecule is N#CCc1cc(CN)c(OC(F)(F)F)c(I)n1. The van der Waals surface area contributed by atoms with Gasteiger partial charge in [-0.3, -0.25) is 0 Å². The molecule has 17 heavy (non-hydrogen) atoms. The van der Waals surface area contributed by atoms with Crippen LogP contribution in [0.2, 0.25) is 0 Å². The second-order valence-corrected chi connectivity index (χ2v) is 4.00. The fraction of sp³-hybridized carbons (Fsp3) is 0.333. The topological polar surface area (TPSA) is 71.9 Å². The number of hydrogen-bond donors (Lipinski definition) is 1. The van der Waals surface area contributed by atoms with Crippen molar-refractivity contribution < 1.29 is 17.9 Å². The predicted molar refractivity (Wildman–Crippen MR) is 60.8 cm³/mol. The summed E-state index contributed by atoms with van der Waals surface area (Å²) < 4.78 is 40.3. The smallest absolute Gasteiger partial charge is 0.403 e. The van der Waals surface area contributed by atoms with Crippen LogP contribution in [0.5, 0.6) is 5.75 Å². The molecule has 0 saturated heterocycles. The van der Waals surface area contributed by atoms with E-state index in [2.05, 4.69) is 9.72 Å². The molecule has 8 heteroatoms. The van der Waals surface area contributed by atoms with Crippen LogP contribution in [0.1, 0.15) is 11.3 Å². The number of alkyl halides is 3. The third kappa shape index (κ3) is 4.01. The number of rotatable bonds is 3. The Kier molecular flexibility index (Phi) is 4.53. The van der Waals surface area contributed by atoms with Gasteiger partial charge in [0.1, 0.15) is 3.70 Å². The maximum atomic E-state index is 12.1. The fourth-order valence-corrected chi connectivity index (χ4v) is 1.92. The Labute approximate surface area is 109 Å². The third-order valence-corrected chi connectivity index (χ3v) is 2.49. The van der Waals surface area contributed by atoms with Gasteiger partial charge in [0.15, 0.2) is 5.75 Å². The summed E-state index contributed by atoms with van der Waals surface area (Å²) in [6.45, 7) is -0.123. The average Bonchev–Trinajstić information content (AvgIpc) is 2.20. The minimum atomic E-state index is -4.79. The number of hydrogen-bond acceptors (Lipinski definition) is 4. The molecule has 2 N–H and O–H groups in total. The van der Waals surface area contributed by atoms with Crippen molar-refractivity contribution in [2.45, 2.75) is 19.3 Å². The Morgan fingerprint density at radius 1 is 1.53 bits per heavy atom. The Morgan fingerprint density at radius 3 is 2.65 bits per heavy atom. The first-order chi connectivity index (χ1) is 7.87. The van der Waals surface area contributed by atoms with Crippen molar-refractivity contribution >= 4 is 22.6 Å². The van der Waals surface area contributed by atoms with E-state index in [1.165, 1.54) is 6.07 Å². The van der Waals surface area contributed by atoms with Crippen molar-refractivity contribution in [3.05, 3.63) is 21.0 Å². The molecule has 0 aromatic carbocycles. The quantitative estimate of drug-likeness (QED) is 0.665. The van der Waals surface area contributed by atoms with Gasteiger partial charge in [-0.15, -0.1) is 13.2 Å². The number of pyridine rings is 1. The zero-order chi connectivity index (χ0) is 13.1. The van der Waals surface area contributed by atoms with Crippen LogP contribution in [0.25, 0.3) is 0 Å². The third-order valence-electron chi connectivity index (χ3n) is 1.76. The van der Waals surface area contributed by atoms with Gasteiger partial charge in [-0.2, -0.15) is 5.26 Å². The van der Waals surface area contributed by atoms with E-state index < -0.39 is 12.1 Å². The van der Waals surface area contributed by atoms with Crippen LogP contribution in [-0.2, 0) is 13.0 Å². The normalized spacial score (nSPS) is 11.1. The molecule has 0 fully saturated rings. The molecular formula is C9H7F3IN3O. The summed E-state index contributed by atoms with van der Waals surface area (Å²) in [5.74, 6) is -0.401. The molecule has 0 atom stereocenters. The van der Waals surface area contributed by atoms with E-state index >= 15 is 0 Å². The van der Waals surface area contributed by atoms with Gasteiger partial charge in [-0.25, -0.2) is 4.98 Å². The van der Waals surface area contributed by atoms with Gasteiger partial charge in [-0.05, 0) is 28.7 Å². The van der Waals surface area contributed by atoms with Crippen molar-refractivity contribution in [3.8, 4) is 11.8 Å². The van der Waals surface area contributed by atoms with E-state index in [-0.39, 0.29) is 22.2 Å². The average molecular weight is 357 g/mol. The summed E-state index contributed by atoms with van der Waals surface area (Å²) in [6.07, 6.45) is -4.78. The first kappa shape index (κ1) is 14.0. The van der Waals surface area contributed by atoms with Crippen molar-refractivity contribution in [1.29, 1.82) is 5.26 Å². The molecule has 0 amide bonds. The predicted octanol–water partition coefficient (Wildman–Crippen LogP) is 2.11. The maximum Gasteiger partial charge on any atom is 0.573 e. The van der Waals surface area contributed by atoms with Gasteiger partial charge in [-0.1, -0.05) is 0 Å². The van der Waals surface area contributed by atoms with Crippen LogP contribution in [0.15, 0.2) is 6.07 Å². The van der Waals surface area contributed by atoms with E-state index in [1.54, 1.807) is 22.6 Å². The van der Waals surface area contributed by atoms with Crippen molar-refractivity contribution in [2.24, 2.45) is 5.73 Å². The summed E-state index contributed by atoms with van der Waals surface area (Å²) in [5, 5.41) is 8.49. The van der Waals surface area contributed by atoms with E-state index in [1.807, 2.05) is 6.07 Å². The Bertz CT molecular complexity index is 456. The molecular weight excluding hydrogens is 350 g/mol. The monoisotopic (exact) mass is 357 g/mol. The molecule has 1 rings (SSSR count). The molecule has 0 unspecified atom stereocenters. The van der Waals surface area contributed by atoms with Gasteiger partial charge in [0.25, 0.3) is 0 Å². The second-order valence-electron chi connectivity index (χ2n) is 2.98. The first-order valence-electron chi connectivity index (χ1n) is 4.38. The lowest BCUT2D eigenvalue weighted by Crippen LogP contribution is -2.20. The highest BCUT2D eigenvalue weighted by molar-refractivity contribution is 14.1. The number of ether oxygens (including phenoxy) is 1. The van der Waals surface area contributed by atoms with E-state index in [9.17, 15) is 13.2 Å². The highest BCUT2D eigenvalue weighted by atomic mass is 127. The minimum absolute atomic E-state index is 0.00923. The van der Waals surface area contributed by atoms with Crippen molar-refractivity contribution in [2.75, 3.05) is 0 Å². The molecule has 1 aromatic rings. The first-order valence-corrected chi connectivity index (χ1v) is 5.46. The van der Waals surface area contributed by atoms with Crippen LogP contribution < -0.4 is 10.5 Å². The number of nitriles is 1. The van der Waals surface area contributed by atoms with Crippen molar-refractivity contribution in [3.63, 3.8) is 0 Å². The molecule has 0 spiro atoms. The number of nitrogens with two attached hydrogens (primary N) is 1. The summed E-state index contributed by atoms with van der Waals surface area (Å²) in [6, 6.07) is 3.20. The lowest BCUT2D eigenvalue weighted by molar-refractivity contribution is -0.275. The van der Waals surface area contributed by atoms with E-state index in [0.717, 1.165) is 0 Å².